The Morgan fingerprint density at radius 2 is 1.55 bits per heavy atom. The first kappa shape index (κ1) is 36.1. The minimum Gasteiger partial charge on any atom is -0.497 e. The number of aromatic nitrogens is 1. The molecule has 0 spiro atoms. The fourth-order valence-electron chi connectivity index (χ4n) is 5.15. The molecule has 44 heavy (non-hydrogen) atoms. The second-order valence-corrected chi connectivity index (χ2v) is 10.4. The van der Waals surface area contributed by atoms with Gasteiger partial charge in [-0.1, -0.05) is 18.2 Å². The Kier molecular flexibility index (Phi) is 12.4. The zero-order chi connectivity index (χ0) is 33.3. The summed E-state index contributed by atoms with van der Waals surface area (Å²) in [4.78, 5) is 42.4. The molecule has 4 rings (SSSR count). The van der Waals surface area contributed by atoms with Gasteiger partial charge in [0.25, 0.3) is 0 Å². The second-order valence-electron chi connectivity index (χ2n) is 10.4. The number of carboxylic acids is 2. The average Bonchev–Trinajstić information content (AvgIpc) is 3.23. The molecule has 1 aromatic heterocycles. The van der Waals surface area contributed by atoms with Crippen molar-refractivity contribution in [3.63, 3.8) is 0 Å². The molecule has 2 N–H and O–H groups in total. The van der Waals surface area contributed by atoms with Crippen molar-refractivity contribution in [1.82, 2.24) is 14.8 Å². The van der Waals surface area contributed by atoms with Crippen LogP contribution in [0.15, 0.2) is 48.7 Å². The van der Waals surface area contributed by atoms with Gasteiger partial charge >= 0.3 is 24.3 Å². The molecule has 0 saturated carbocycles. The number of anilines is 1. The number of aliphatic carboxylic acids is 2. The highest BCUT2D eigenvalue weighted by molar-refractivity contribution is 5.84. The van der Waals surface area contributed by atoms with Gasteiger partial charge in [0.1, 0.15) is 11.6 Å². The number of halogens is 6. The monoisotopic (exact) mass is 636 g/mol. The third-order valence-electron chi connectivity index (χ3n) is 7.13. The van der Waals surface area contributed by atoms with Crippen LogP contribution in [0.5, 0.6) is 5.75 Å². The van der Waals surface area contributed by atoms with Gasteiger partial charge in [0.05, 0.1) is 12.5 Å². The van der Waals surface area contributed by atoms with Crippen molar-refractivity contribution in [2.75, 3.05) is 52.3 Å². The molecule has 0 aliphatic carbocycles. The molecule has 0 radical (unpaired) electrons. The van der Waals surface area contributed by atoms with E-state index in [0.717, 1.165) is 57.1 Å². The molecule has 2 fully saturated rings. The van der Waals surface area contributed by atoms with Crippen LogP contribution in [-0.2, 0) is 20.9 Å². The molecule has 0 bridgehead atoms. The number of hydrogen-bond acceptors (Lipinski definition) is 7. The number of carbonyl (C=O) groups is 3. The Labute approximate surface area is 249 Å². The number of hydrogen-bond donors (Lipinski definition) is 2. The molecule has 2 saturated heterocycles. The Balaban J connectivity index is 0.000000402. The van der Waals surface area contributed by atoms with Crippen molar-refractivity contribution in [2.24, 2.45) is 11.3 Å². The third-order valence-corrected chi connectivity index (χ3v) is 7.13. The summed E-state index contributed by atoms with van der Waals surface area (Å²) in [6.07, 6.45) is -6.38. The van der Waals surface area contributed by atoms with Crippen molar-refractivity contribution in [1.29, 1.82) is 0 Å². The molecular formula is C28H34F6N4O6. The number of fused-ring (bicyclic) bond motifs is 1. The first-order chi connectivity index (χ1) is 20.4. The van der Waals surface area contributed by atoms with Crippen LogP contribution >= 0.6 is 0 Å². The maximum absolute atomic E-state index is 13.4. The number of rotatable bonds is 5. The zero-order valence-corrected chi connectivity index (χ0v) is 24.2. The van der Waals surface area contributed by atoms with E-state index in [4.69, 9.17) is 24.5 Å². The SMILES string of the molecule is COc1ccc(CN2CCC[C@]3(C(=O)N(C)C)CN(c4ccccn4)C[C@@H]3C2)cc1.O=C(O)C(F)(F)F.O=C(O)C(F)(F)F. The smallest absolute Gasteiger partial charge is 0.490 e. The molecule has 1 aromatic carbocycles. The van der Waals surface area contributed by atoms with Gasteiger partial charge in [0.2, 0.25) is 5.91 Å². The minimum absolute atomic E-state index is 0.261. The molecule has 2 aromatic rings. The van der Waals surface area contributed by atoms with Crippen LogP contribution in [0, 0.1) is 11.3 Å². The third kappa shape index (κ3) is 9.99. The largest absolute Gasteiger partial charge is 0.497 e. The topological polar surface area (TPSA) is 124 Å². The lowest BCUT2D eigenvalue weighted by Crippen LogP contribution is -2.47. The summed E-state index contributed by atoms with van der Waals surface area (Å²) in [6, 6.07) is 14.3. The average molecular weight is 637 g/mol. The molecule has 0 unspecified atom stereocenters. The summed E-state index contributed by atoms with van der Waals surface area (Å²) in [6.45, 7) is 4.47. The van der Waals surface area contributed by atoms with E-state index in [2.05, 4.69) is 26.9 Å². The number of carbonyl (C=O) groups excluding carboxylic acids is 1. The van der Waals surface area contributed by atoms with Gasteiger partial charge in [-0.2, -0.15) is 26.3 Å². The van der Waals surface area contributed by atoms with Crippen LogP contribution < -0.4 is 9.64 Å². The van der Waals surface area contributed by atoms with E-state index in [1.54, 1.807) is 12.0 Å². The molecular weight excluding hydrogens is 602 g/mol. The van der Waals surface area contributed by atoms with Crippen LogP contribution in [-0.4, -0.2) is 103 Å². The van der Waals surface area contributed by atoms with Gasteiger partial charge in [0.15, 0.2) is 0 Å². The lowest BCUT2D eigenvalue weighted by Gasteiger charge is -2.34. The first-order valence-corrected chi connectivity index (χ1v) is 13.2. The van der Waals surface area contributed by atoms with E-state index in [-0.39, 0.29) is 17.2 Å². The van der Waals surface area contributed by atoms with E-state index in [1.165, 1.54) is 5.56 Å². The Morgan fingerprint density at radius 3 is 2.00 bits per heavy atom. The zero-order valence-electron chi connectivity index (χ0n) is 24.2. The van der Waals surface area contributed by atoms with E-state index in [0.29, 0.717) is 0 Å². The second kappa shape index (κ2) is 15.1. The van der Waals surface area contributed by atoms with Crippen molar-refractivity contribution in [3.05, 3.63) is 54.2 Å². The predicted octanol–water partition coefficient (Wildman–Crippen LogP) is 4.16. The fourth-order valence-corrected chi connectivity index (χ4v) is 5.15. The number of likely N-dealkylation sites (tertiary alicyclic amines) is 1. The Hall–Kier alpha value is -4.08. The van der Waals surface area contributed by atoms with Crippen molar-refractivity contribution in [3.8, 4) is 5.75 Å². The lowest BCUT2D eigenvalue weighted by molar-refractivity contribution is -0.193. The highest BCUT2D eigenvalue weighted by Crippen LogP contribution is 2.45. The highest BCUT2D eigenvalue weighted by Gasteiger charge is 2.53. The van der Waals surface area contributed by atoms with Crippen LogP contribution in [0.4, 0.5) is 32.2 Å². The summed E-state index contributed by atoms with van der Waals surface area (Å²) in [5.41, 5.74) is 0.942. The number of nitrogens with zero attached hydrogens (tertiary/aromatic N) is 4. The van der Waals surface area contributed by atoms with Crippen molar-refractivity contribution in [2.45, 2.75) is 31.7 Å². The summed E-state index contributed by atoms with van der Waals surface area (Å²) >= 11 is 0. The fraction of sp³-hybridized carbons (Fsp3) is 0.500. The van der Waals surface area contributed by atoms with Crippen LogP contribution in [0.3, 0.4) is 0 Å². The van der Waals surface area contributed by atoms with Crippen LogP contribution in [0.25, 0.3) is 0 Å². The normalized spacial score (nSPS) is 20.1. The van der Waals surface area contributed by atoms with Gasteiger partial charge in [-0.05, 0) is 49.2 Å². The van der Waals surface area contributed by atoms with Gasteiger partial charge in [-0.15, -0.1) is 0 Å². The number of benzene rings is 1. The number of pyridine rings is 1. The molecule has 2 aliphatic heterocycles. The number of alkyl halides is 6. The van der Waals surface area contributed by atoms with Crippen LogP contribution in [0.1, 0.15) is 18.4 Å². The van der Waals surface area contributed by atoms with Gasteiger partial charge in [-0.25, -0.2) is 14.6 Å². The van der Waals surface area contributed by atoms with Crippen molar-refractivity contribution >= 4 is 23.7 Å². The van der Waals surface area contributed by atoms with Gasteiger partial charge in [0, 0.05) is 52.4 Å². The van der Waals surface area contributed by atoms with E-state index in [9.17, 15) is 31.1 Å². The minimum atomic E-state index is -5.08. The van der Waals surface area contributed by atoms with E-state index in [1.807, 2.05) is 50.6 Å². The Morgan fingerprint density at radius 1 is 0.977 bits per heavy atom. The Bertz CT molecular complexity index is 1220. The summed E-state index contributed by atoms with van der Waals surface area (Å²) < 4.78 is 68.8. The van der Waals surface area contributed by atoms with Crippen molar-refractivity contribution < 1.29 is 55.7 Å². The summed E-state index contributed by atoms with van der Waals surface area (Å²) in [5, 5.41) is 14.2. The predicted molar refractivity (Wildman–Crippen MR) is 146 cm³/mol. The maximum atomic E-state index is 13.4. The molecule has 2 atom stereocenters. The standard InChI is InChI=1S/C24H32N4O2.2C2HF3O2/c1-26(2)23(29)24-12-6-14-27(15-19-8-10-21(30-3)11-9-19)16-20(24)17-28(18-24)22-7-4-5-13-25-22;2*3-2(4,5)1(6)7/h4-5,7-11,13,20H,6,12,14-18H2,1-3H3;2*(H,6,7)/t20-,24-;;/m0../s1. The highest BCUT2D eigenvalue weighted by atomic mass is 19.4. The number of methoxy groups -OCH3 is 1. The molecule has 3 heterocycles. The first-order valence-electron chi connectivity index (χ1n) is 13.2. The molecule has 16 heteroatoms. The number of amides is 1. The summed E-state index contributed by atoms with van der Waals surface area (Å²) in [7, 11) is 5.47. The lowest BCUT2D eigenvalue weighted by atomic mass is 9.74. The summed E-state index contributed by atoms with van der Waals surface area (Å²) in [5.74, 6) is -3.11. The molecule has 10 nitrogen and oxygen atoms in total. The molecule has 2 aliphatic rings. The van der Waals surface area contributed by atoms with Gasteiger partial charge in [-0.3, -0.25) is 9.69 Å². The van der Waals surface area contributed by atoms with E-state index >= 15 is 0 Å². The molecule has 1 amide bonds. The molecule has 244 valence electrons. The van der Waals surface area contributed by atoms with Gasteiger partial charge < -0.3 is 24.7 Å². The number of carboxylic acid groups (broad SMARTS) is 2. The van der Waals surface area contributed by atoms with E-state index < -0.39 is 24.3 Å². The quantitative estimate of drug-likeness (QED) is 0.466. The maximum Gasteiger partial charge on any atom is 0.490 e. The number of ether oxygens (including phenoxy) is 1. The van der Waals surface area contributed by atoms with Crippen LogP contribution in [0.2, 0.25) is 0 Å².